The predicted molar refractivity (Wildman–Crippen MR) is 120 cm³/mol. The normalized spacial score (nSPS) is 17.4. The monoisotopic (exact) mass is 428 g/mol. The van der Waals surface area contributed by atoms with Crippen LogP contribution in [0.5, 0.6) is 0 Å². The summed E-state index contributed by atoms with van der Waals surface area (Å²) in [5, 5.41) is 3.15. The van der Waals surface area contributed by atoms with Crippen molar-refractivity contribution in [2.45, 2.75) is 56.4 Å². The molecule has 6 heteroatoms. The molecule has 2 aromatic carbocycles. The van der Waals surface area contributed by atoms with Gasteiger partial charge in [0.2, 0.25) is 15.9 Å². The fourth-order valence-electron chi connectivity index (χ4n) is 4.28. The van der Waals surface area contributed by atoms with Gasteiger partial charge in [0.15, 0.2) is 0 Å². The summed E-state index contributed by atoms with van der Waals surface area (Å²) in [6, 6.07) is 18.9. The fraction of sp³-hybridized carbons (Fsp3) is 0.458. The van der Waals surface area contributed by atoms with Crippen molar-refractivity contribution >= 4 is 15.9 Å². The van der Waals surface area contributed by atoms with Gasteiger partial charge in [-0.15, -0.1) is 0 Å². The van der Waals surface area contributed by atoms with Crippen LogP contribution in [0.15, 0.2) is 65.6 Å². The molecule has 1 atom stereocenters. The SMILES string of the molecule is C[C@@H](CC(C)(C)c1ccccc1)NC(=O)C1CCN(S(=O)(=O)c2ccccc2)CC1. The quantitative estimate of drug-likeness (QED) is 0.726. The average molecular weight is 429 g/mol. The third-order valence-electron chi connectivity index (χ3n) is 5.97. The third kappa shape index (κ3) is 5.29. The molecule has 1 N–H and O–H groups in total. The van der Waals surface area contributed by atoms with E-state index in [0.29, 0.717) is 30.8 Å². The maximum Gasteiger partial charge on any atom is 0.243 e. The Morgan fingerprint density at radius 3 is 2.13 bits per heavy atom. The van der Waals surface area contributed by atoms with Gasteiger partial charge in [-0.05, 0) is 49.3 Å². The van der Waals surface area contributed by atoms with Gasteiger partial charge >= 0.3 is 0 Å². The van der Waals surface area contributed by atoms with Crippen LogP contribution in [0.1, 0.15) is 45.6 Å². The Hall–Kier alpha value is -2.18. The number of sulfonamides is 1. The van der Waals surface area contributed by atoms with Gasteiger partial charge < -0.3 is 5.32 Å². The van der Waals surface area contributed by atoms with Gasteiger partial charge in [-0.2, -0.15) is 4.31 Å². The summed E-state index contributed by atoms with van der Waals surface area (Å²) in [6.45, 7) is 7.17. The van der Waals surface area contributed by atoms with Gasteiger partial charge in [-0.3, -0.25) is 4.79 Å². The number of piperidine rings is 1. The highest BCUT2D eigenvalue weighted by Crippen LogP contribution is 2.29. The Bertz CT molecular complexity index is 935. The Kier molecular flexibility index (Phi) is 6.98. The minimum Gasteiger partial charge on any atom is -0.353 e. The van der Waals surface area contributed by atoms with Crippen molar-refractivity contribution in [1.29, 1.82) is 0 Å². The molecule has 0 aliphatic carbocycles. The number of hydrogen-bond acceptors (Lipinski definition) is 3. The summed E-state index contributed by atoms with van der Waals surface area (Å²) < 4.78 is 27.0. The summed E-state index contributed by atoms with van der Waals surface area (Å²) in [7, 11) is -3.49. The van der Waals surface area contributed by atoms with Crippen LogP contribution >= 0.6 is 0 Å². The number of benzene rings is 2. The topological polar surface area (TPSA) is 66.5 Å². The Labute approximate surface area is 180 Å². The van der Waals surface area contributed by atoms with Gasteiger partial charge in [-0.25, -0.2) is 8.42 Å². The summed E-state index contributed by atoms with van der Waals surface area (Å²) >= 11 is 0. The van der Waals surface area contributed by atoms with E-state index in [-0.39, 0.29) is 23.3 Å². The smallest absolute Gasteiger partial charge is 0.243 e. The highest BCUT2D eigenvalue weighted by atomic mass is 32.2. The van der Waals surface area contributed by atoms with Crippen molar-refractivity contribution in [3.63, 3.8) is 0 Å². The average Bonchev–Trinajstić information content (AvgIpc) is 2.74. The number of nitrogens with one attached hydrogen (secondary N) is 1. The van der Waals surface area contributed by atoms with E-state index in [9.17, 15) is 13.2 Å². The number of carbonyl (C=O) groups is 1. The molecule has 0 spiro atoms. The Morgan fingerprint density at radius 2 is 1.57 bits per heavy atom. The summed E-state index contributed by atoms with van der Waals surface area (Å²) in [5.41, 5.74) is 1.21. The molecule has 0 saturated carbocycles. The number of hydrogen-bond donors (Lipinski definition) is 1. The number of carbonyl (C=O) groups excluding carboxylic acids is 1. The lowest BCUT2D eigenvalue weighted by Gasteiger charge is -2.33. The maximum absolute atomic E-state index is 12.8. The lowest BCUT2D eigenvalue weighted by atomic mass is 9.79. The standard InChI is InChI=1S/C24H32N2O3S/c1-19(18-24(2,3)21-10-6-4-7-11-21)25-23(27)20-14-16-26(17-15-20)30(28,29)22-12-8-5-9-13-22/h4-13,19-20H,14-18H2,1-3H3,(H,25,27)/t19-/m0/s1. The van der Waals surface area contributed by atoms with Gasteiger partial charge in [0.25, 0.3) is 0 Å². The molecule has 0 radical (unpaired) electrons. The minimum atomic E-state index is -3.49. The minimum absolute atomic E-state index is 0.0307. The third-order valence-corrected chi connectivity index (χ3v) is 7.88. The number of nitrogens with zero attached hydrogens (tertiary/aromatic N) is 1. The zero-order valence-corrected chi connectivity index (χ0v) is 18.9. The lowest BCUT2D eigenvalue weighted by Crippen LogP contribution is -2.45. The second-order valence-electron chi connectivity index (χ2n) is 8.86. The van der Waals surface area contributed by atoms with E-state index in [0.717, 1.165) is 6.42 Å². The van der Waals surface area contributed by atoms with E-state index in [1.54, 1.807) is 30.3 Å². The van der Waals surface area contributed by atoms with Gasteiger partial charge in [-0.1, -0.05) is 62.4 Å². The molecule has 1 aliphatic rings. The van der Waals surface area contributed by atoms with Crippen LogP contribution in [0.4, 0.5) is 0 Å². The van der Waals surface area contributed by atoms with Crippen molar-refractivity contribution in [1.82, 2.24) is 9.62 Å². The molecule has 1 saturated heterocycles. The van der Waals surface area contributed by atoms with Crippen LogP contribution in [-0.4, -0.2) is 37.8 Å². The van der Waals surface area contributed by atoms with E-state index in [2.05, 4.69) is 31.3 Å². The van der Waals surface area contributed by atoms with Crippen LogP contribution in [0.2, 0.25) is 0 Å². The van der Waals surface area contributed by atoms with Crippen LogP contribution in [0, 0.1) is 5.92 Å². The van der Waals surface area contributed by atoms with Crippen LogP contribution in [0.3, 0.4) is 0 Å². The second-order valence-corrected chi connectivity index (χ2v) is 10.8. The van der Waals surface area contributed by atoms with Crippen molar-refractivity contribution in [3.05, 3.63) is 66.2 Å². The van der Waals surface area contributed by atoms with E-state index < -0.39 is 10.0 Å². The molecule has 1 fully saturated rings. The zero-order valence-electron chi connectivity index (χ0n) is 18.0. The van der Waals surface area contributed by atoms with E-state index in [1.165, 1.54) is 9.87 Å². The molecular formula is C24H32N2O3S. The summed E-state index contributed by atoms with van der Waals surface area (Å²) in [5.74, 6) is -0.113. The summed E-state index contributed by atoms with van der Waals surface area (Å²) in [4.78, 5) is 13.1. The zero-order chi connectivity index (χ0) is 21.8. The van der Waals surface area contributed by atoms with E-state index in [1.807, 2.05) is 25.1 Å². The highest BCUT2D eigenvalue weighted by Gasteiger charge is 2.33. The molecule has 0 aromatic heterocycles. The van der Waals surface area contributed by atoms with Crippen LogP contribution in [0.25, 0.3) is 0 Å². The van der Waals surface area contributed by atoms with Gasteiger partial charge in [0.05, 0.1) is 4.90 Å². The molecule has 5 nitrogen and oxygen atoms in total. The first kappa shape index (κ1) is 22.5. The van der Waals surface area contributed by atoms with Gasteiger partial charge in [0, 0.05) is 25.0 Å². The van der Waals surface area contributed by atoms with E-state index in [4.69, 9.17) is 0 Å². The molecule has 0 unspecified atom stereocenters. The first-order valence-corrected chi connectivity index (χ1v) is 12.1. The number of rotatable bonds is 7. The van der Waals surface area contributed by atoms with Crippen molar-refractivity contribution in [2.75, 3.05) is 13.1 Å². The molecule has 0 bridgehead atoms. The van der Waals surface area contributed by atoms with Crippen LogP contribution < -0.4 is 5.32 Å². The predicted octanol–water partition coefficient (Wildman–Crippen LogP) is 3.96. The molecule has 3 rings (SSSR count). The molecule has 162 valence electrons. The largest absolute Gasteiger partial charge is 0.353 e. The van der Waals surface area contributed by atoms with Crippen molar-refractivity contribution < 1.29 is 13.2 Å². The molecule has 1 amide bonds. The number of amides is 1. The highest BCUT2D eigenvalue weighted by molar-refractivity contribution is 7.89. The fourth-order valence-corrected chi connectivity index (χ4v) is 5.78. The summed E-state index contributed by atoms with van der Waals surface area (Å²) in [6.07, 6.45) is 1.93. The van der Waals surface area contributed by atoms with Crippen molar-refractivity contribution in [3.8, 4) is 0 Å². The Balaban J connectivity index is 1.53. The maximum atomic E-state index is 12.8. The molecule has 1 aliphatic heterocycles. The second kappa shape index (κ2) is 9.31. The molecular weight excluding hydrogens is 396 g/mol. The first-order chi connectivity index (χ1) is 14.2. The molecule has 2 aromatic rings. The van der Waals surface area contributed by atoms with Crippen LogP contribution in [-0.2, 0) is 20.2 Å². The van der Waals surface area contributed by atoms with Gasteiger partial charge in [0.1, 0.15) is 0 Å². The first-order valence-electron chi connectivity index (χ1n) is 10.6. The molecule has 1 heterocycles. The lowest BCUT2D eigenvalue weighted by molar-refractivity contribution is -0.126. The molecule has 30 heavy (non-hydrogen) atoms. The van der Waals surface area contributed by atoms with Crippen molar-refractivity contribution in [2.24, 2.45) is 5.92 Å². The Morgan fingerprint density at radius 1 is 1.03 bits per heavy atom. The van der Waals surface area contributed by atoms with E-state index >= 15 is 0 Å².